The molecule has 3 aromatic rings. The standard InChI is InChI=1S/C18H18ClN5/c1-24(16-5-3-2-4-6-16)18-22-17(13-21-23-18)20-12-11-14-7-9-15(19)10-8-14/h2-10,13H,11-12H2,1H3,(H,20,22,23). The minimum absolute atomic E-state index is 0.553. The number of hydrogen-bond donors (Lipinski definition) is 1. The summed E-state index contributed by atoms with van der Waals surface area (Å²) in [4.78, 5) is 6.41. The Morgan fingerprint density at radius 1 is 1.04 bits per heavy atom. The van der Waals surface area contributed by atoms with E-state index in [1.165, 1.54) is 5.56 Å². The molecule has 5 nitrogen and oxygen atoms in total. The lowest BCUT2D eigenvalue weighted by Gasteiger charge is -2.17. The van der Waals surface area contributed by atoms with Crippen LogP contribution in [0.25, 0.3) is 0 Å². The van der Waals surface area contributed by atoms with Gasteiger partial charge in [-0.3, -0.25) is 0 Å². The van der Waals surface area contributed by atoms with Gasteiger partial charge in [-0.15, -0.1) is 5.10 Å². The van der Waals surface area contributed by atoms with Gasteiger partial charge in [0.1, 0.15) is 0 Å². The number of benzene rings is 2. The zero-order chi connectivity index (χ0) is 16.8. The summed E-state index contributed by atoms with van der Waals surface area (Å²) in [6.45, 7) is 0.759. The lowest BCUT2D eigenvalue weighted by molar-refractivity contribution is 0.915. The van der Waals surface area contributed by atoms with Crippen molar-refractivity contribution in [2.24, 2.45) is 0 Å². The van der Waals surface area contributed by atoms with E-state index >= 15 is 0 Å². The molecule has 0 radical (unpaired) electrons. The van der Waals surface area contributed by atoms with Crippen molar-refractivity contribution in [1.29, 1.82) is 0 Å². The molecule has 0 saturated heterocycles. The largest absolute Gasteiger partial charge is 0.368 e. The molecule has 1 aromatic heterocycles. The van der Waals surface area contributed by atoms with Gasteiger partial charge in [-0.1, -0.05) is 41.9 Å². The molecule has 0 saturated carbocycles. The van der Waals surface area contributed by atoms with Gasteiger partial charge < -0.3 is 10.2 Å². The molecule has 0 aliphatic rings. The van der Waals surface area contributed by atoms with Gasteiger partial charge in [-0.2, -0.15) is 10.1 Å². The van der Waals surface area contributed by atoms with Gasteiger partial charge in [0.15, 0.2) is 5.82 Å². The SMILES string of the molecule is CN(c1ccccc1)c1nncc(NCCc2ccc(Cl)cc2)n1. The molecule has 1 heterocycles. The highest BCUT2D eigenvalue weighted by atomic mass is 35.5. The van der Waals surface area contributed by atoms with Crippen molar-refractivity contribution in [2.75, 3.05) is 23.8 Å². The van der Waals surface area contributed by atoms with E-state index in [2.05, 4.69) is 20.5 Å². The van der Waals surface area contributed by atoms with Crippen molar-refractivity contribution in [2.45, 2.75) is 6.42 Å². The van der Waals surface area contributed by atoms with Gasteiger partial charge in [0.25, 0.3) is 5.95 Å². The minimum Gasteiger partial charge on any atom is -0.368 e. The first-order valence-electron chi connectivity index (χ1n) is 7.69. The molecule has 0 unspecified atom stereocenters. The summed E-state index contributed by atoms with van der Waals surface area (Å²) < 4.78 is 0. The monoisotopic (exact) mass is 339 g/mol. The average Bonchev–Trinajstić information content (AvgIpc) is 2.64. The van der Waals surface area contributed by atoms with E-state index in [-0.39, 0.29) is 0 Å². The first kappa shape index (κ1) is 16.2. The maximum Gasteiger partial charge on any atom is 0.251 e. The number of nitrogens with one attached hydrogen (secondary N) is 1. The van der Waals surface area contributed by atoms with Crippen molar-refractivity contribution in [3.05, 3.63) is 71.4 Å². The Kier molecular flexibility index (Phi) is 5.23. The predicted octanol–water partition coefficient (Wildman–Crippen LogP) is 3.95. The van der Waals surface area contributed by atoms with Gasteiger partial charge in [0.05, 0.1) is 6.20 Å². The van der Waals surface area contributed by atoms with E-state index in [1.807, 2.05) is 66.5 Å². The quantitative estimate of drug-likeness (QED) is 0.737. The fraction of sp³-hybridized carbons (Fsp3) is 0.167. The molecular formula is C18H18ClN5. The second-order valence-corrected chi connectivity index (χ2v) is 5.78. The summed E-state index contributed by atoms with van der Waals surface area (Å²) in [7, 11) is 1.92. The molecule has 6 heteroatoms. The van der Waals surface area contributed by atoms with Crippen LogP contribution in [-0.2, 0) is 6.42 Å². The minimum atomic E-state index is 0.553. The summed E-state index contributed by atoms with van der Waals surface area (Å²) in [5, 5.41) is 12.2. The number of para-hydroxylation sites is 1. The lowest BCUT2D eigenvalue weighted by Crippen LogP contribution is -2.15. The third kappa shape index (κ3) is 4.20. The highest BCUT2D eigenvalue weighted by Gasteiger charge is 2.08. The van der Waals surface area contributed by atoms with E-state index in [0.717, 1.165) is 23.7 Å². The number of rotatable bonds is 6. The molecule has 2 aromatic carbocycles. The van der Waals surface area contributed by atoms with Crippen LogP contribution in [0.4, 0.5) is 17.5 Å². The Hall–Kier alpha value is -2.66. The molecule has 0 amide bonds. The molecule has 0 atom stereocenters. The number of nitrogens with zero attached hydrogens (tertiary/aromatic N) is 4. The molecule has 0 aliphatic carbocycles. The van der Waals surface area contributed by atoms with Gasteiger partial charge in [-0.05, 0) is 36.2 Å². The first-order chi connectivity index (χ1) is 11.7. The summed E-state index contributed by atoms with van der Waals surface area (Å²) in [5.74, 6) is 1.26. The lowest BCUT2D eigenvalue weighted by atomic mass is 10.1. The Morgan fingerprint density at radius 2 is 1.79 bits per heavy atom. The fourth-order valence-electron chi connectivity index (χ4n) is 2.27. The smallest absolute Gasteiger partial charge is 0.251 e. The Morgan fingerprint density at radius 3 is 2.54 bits per heavy atom. The topological polar surface area (TPSA) is 53.9 Å². The highest BCUT2D eigenvalue weighted by Crippen LogP contribution is 2.19. The first-order valence-corrected chi connectivity index (χ1v) is 8.07. The highest BCUT2D eigenvalue weighted by molar-refractivity contribution is 6.30. The van der Waals surface area contributed by atoms with E-state index < -0.39 is 0 Å². The number of halogens is 1. The molecule has 0 bridgehead atoms. The van der Waals surface area contributed by atoms with E-state index in [4.69, 9.17) is 11.6 Å². The van der Waals surface area contributed by atoms with Crippen LogP contribution in [0, 0.1) is 0 Å². The number of hydrogen-bond acceptors (Lipinski definition) is 5. The van der Waals surface area contributed by atoms with Crippen LogP contribution in [0.5, 0.6) is 0 Å². The fourth-order valence-corrected chi connectivity index (χ4v) is 2.40. The number of aromatic nitrogens is 3. The van der Waals surface area contributed by atoms with Crippen LogP contribution in [0.15, 0.2) is 60.8 Å². The Labute approximate surface area is 146 Å². The molecule has 122 valence electrons. The second-order valence-electron chi connectivity index (χ2n) is 5.34. The zero-order valence-electron chi connectivity index (χ0n) is 13.4. The van der Waals surface area contributed by atoms with Crippen molar-refractivity contribution in [3.63, 3.8) is 0 Å². The summed E-state index contributed by atoms with van der Waals surface area (Å²) >= 11 is 5.89. The third-order valence-corrected chi connectivity index (χ3v) is 3.88. The predicted molar refractivity (Wildman–Crippen MR) is 98.0 cm³/mol. The van der Waals surface area contributed by atoms with Gasteiger partial charge >= 0.3 is 0 Å². The molecule has 0 aliphatic heterocycles. The molecular weight excluding hydrogens is 322 g/mol. The summed E-state index contributed by atoms with van der Waals surface area (Å²) in [5.41, 5.74) is 2.23. The van der Waals surface area contributed by atoms with Crippen molar-refractivity contribution >= 4 is 29.1 Å². The van der Waals surface area contributed by atoms with E-state index in [0.29, 0.717) is 11.8 Å². The van der Waals surface area contributed by atoms with Crippen LogP contribution >= 0.6 is 11.6 Å². The average molecular weight is 340 g/mol. The second kappa shape index (κ2) is 7.75. The zero-order valence-corrected chi connectivity index (χ0v) is 14.1. The molecule has 1 N–H and O–H groups in total. The van der Waals surface area contributed by atoms with E-state index in [9.17, 15) is 0 Å². The third-order valence-electron chi connectivity index (χ3n) is 3.62. The van der Waals surface area contributed by atoms with Gasteiger partial charge in [0.2, 0.25) is 0 Å². The molecule has 3 rings (SSSR count). The normalized spacial score (nSPS) is 10.4. The number of anilines is 3. The van der Waals surface area contributed by atoms with E-state index in [1.54, 1.807) is 6.20 Å². The van der Waals surface area contributed by atoms with Crippen LogP contribution in [-0.4, -0.2) is 28.8 Å². The summed E-state index contributed by atoms with van der Waals surface area (Å²) in [6.07, 6.45) is 2.51. The van der Waals surface area contributed by atoms with Crippen LogP contribution in [0.3, 0.4) is 0 Å². The van der Waals surface area contributed by atoms with Crippen molar-refractivity contribution in [1.82, 2.24) is 15.2 Å². The maximum absolute atomic E-state index is 5.89. The van der Waals surface area contributed by atoms with Crippen molar-refractivity contribution < 1.29 is 0 Å². The Bertz CT molecular complexity index is 777. The molecule has 24 heavy (non-hydrogen) atoms. The molecule has 0 spiro atoms. The van der Waals surface area contributed by atoms with Crippen LogP contribution in [0.1, 0.15) is 5.56 Å². The van der Waals surface area contributed by atoms with Gasteiger partial charge in [-0.25, -0.2) is 0 Å². The summed E-state index contributed by atoms with van der Waals surface area (Å²) in [6, 6.07) is 17.8. The van der Waals surface area contributed by atoms with Gasteiger partial charge in [0, 0.05) is 24.3 Å². The Balaban J connectivity index is 1.62. The maximum atomic E-state index is 5.89. The van der Waals surface area contributed by atoms with Crippen LogP contribution < -0.4 is 10.2 Å². The van der Waals surface area contributed by atoms with Crippen LogP contribution in [0.2, 0.25) is 5.02 Å². The molecule has 0 fully saturated rings. The van der Waals surface area contributed by atoms with Crippen molar-refractivity contribution in [3.8, 4) is 0 Å².